The molecule has 106 valence electrons. The molecule has 4 nitrogen and oxygen atoms in total. The van der Waals surface area contributed by atoms with E-state index in [4.69, 9.17) is 21.8 Å². The maximum atomic E-state index is 12.1. The number of carbonyl (C=O) groups is 1. The molecule has 2 aromatic carbocycles. The SMILES string of the molecule is Nc1ccc2oc(C(=O)NCc3ccc(Cl)cc3)cc2c1. The molecule has 0 unspecified atom stereocenters. The molecule has 0 aliphatic heterocycles. The fourth-order valence-electron chi connectivity index (χ4n) is 2.05. The number of rotatable bonds is 3. The van der Waals surface area contributed by atoms with Crippen LogP contribution in [0.15, 0.2) is 52.9 Å². The third-order valence-corrected chi connectivity index (χ3v) is 3.38. The third kappa shape index (κ3) is 3.01. The van der Waals surface area contributed by atoms with Crippen LogP contribution in [0, 0.1) is 0 Å². The van der Waals surface area contributed by atoms with Gasteiger partial charge in [0.15, 0.2) is 5.76 Å². The summed E-state index contributed by atoms with van der Waals surface area (Å²) in [5.74, 6) is 0.00397. The van der Waals surface area contributed by atoms with Crippen LogP contribution < -0.4 is 11.1 Å². The minimum Gasteiger partial charge on any atom is -0.451 e. The van der Waals surface area contributed by atoms with Crippen LogP contribution in [0.3, 0.4) is 0 Å². The third-order valence-electron chi connectivity index (χ3n) is 3.13. The lowest BCUT2D eigenvalue weighted by atomic mass is 10.2. The van der Waals surface area contributed by atoms with Crippen molar-refractivity contribution in [1.82, 2.24) is 5.32 Å². The summed E-state index contributed by atoms with van der Waals surface area (Å²) in [7, 11) is 0. The standard InChI is InChI=1S/C16H13ClN2O2/c17-12-3-1-10(2-4-12)9-19-16(20)15-8-11-7-13(18)5-6-14(11)21-15/h1-8H,9,18H2,(H,19,20). The Morgan fingerprint density at radius 3 is 2.67 bits per heavy atom. The number of furan rings is 1. The van der Waals surface area contributed by atoms with Gasteiger partial charge in [-0.3, -0.25) is 4.79 Å². The van der Waals surface area contributed by atoms with Crippen molar-refractivity contribution in [2.75, 3.05) is 5.73 Å². The van der Waals surface area contributed by atoms with Crippen molar-refractivity contribution in [3.8, 4) is 0 Å². The van der Waals surface area contributed by atoms with Crippen molar-refractivity contribution in [3.05, 3.63) is 64.9 Å². The van der Waals surface area contributed by atoms with Gasteiger partial charge in [0, 0.05) is 22.6 Å². The quantitative estimate of drug-likeness (QED) is 0.726. The van der Waals surface area contributed by atoms with Gasteiger partial charge in [0.1, 0.15) is 5.58 Å². The van der Waals surface area contributed by atoms with E-state index in [-0.39, 0.29) is 11.7 Å². The van der Waals surface area contributed by atoms with E-state index in [2.05, 4.69) is 5.32 Å². The molecule has 0 fully saturated rings. The van der Waals surface area contributed by atoms with E-state index < -0.39 is 0 Å². The number of hydrogen-bond acceptors (Lipinski definition) is 3. The van der Waals surface area contributed by atoms with Gasteiger partial charge in [0.05, 0.1) is 0 Å². The fraction of sp³-hybridized carbons (Fsp3) is 0.0625. The Bertz CT molecular complexity index is 794. The zero-order chi connectivity index (χ0) is 14.8. The molecule has 1 heterocycles. The summed E-state index contributed by atoms with van der Waals surface area (Å²) in [5.41, 5.74) is 7.94. The van der Waals surface area contributed by atoms with Crippen LogP contribution in [-0.4, -0.2) is 5.91 Å². The van der Waals surface area contributed by atoms with Gasteiger partial charge in [-0.1, -0.05) is 23.7 Å². The van der Waals surface area contributed by atoms with Gasteiger partial charge in [-0.15, -0.1) is 0 Å². The summed E-state index contributed by atoms with van der Waals surface area (Å²) in [6, 6.07) is 14.2. The molecule has 3 aromatic rings. The number of benzene rings is 2. The molecule has 1 aromatic heterocycles. The second kappa shape index (κ2) is 5.50. The van der Waals surface area contributed by atoms with Crippen LogP contribution in [-0.2, 0) is 6.54 Å². The van der Waals surface area contributed by atoms with E-state index in [9.17, 15) is 4.79 Å². The summed E-state index contributed by atoms with van der Waals surface area (Å²) < 4.78 is 5.50. The van der Waals surface area contributed by atoms with Crippen LogP contribution in [0.4, 0.5) is 5.69 Å². The lowest BCUT2D eigenvalue weighted by Crippen LogP contribution is -2.22. The van der Waals surface area contributed by atoms with Crippen molar-refractivity contribution >= 4 is 34.2 Å². The van der Waals surface area contributed by atoms with Gasteiger partial charge in [-0.25, -0.2) is 0 Å². The predicted octanol–water partition coefficient (Wildman–Crippen LogP) is 3.60. The second-order valence-electron chi connectivity index (χ2n) is 4.72. The first-order valence-corrected chi connectivity index (χ1v) is 6.81. The molecule has 21 heavy (non-hydrogen) atoms. The average Bonchev–Trinajstić information content (AvgIpc) is 2.89. The molecule has 0 saturated heterocycles. The van der Waals surface area contributed by atoms with Gasteiger partial charge in [0.25, 0.3) is 5.91 Å². The Morgan fingerprint density at radius 2 is 1.90 bits per heavy atom. The highest BCUT2D eigenvalue weighted by Gasteiger charge is 2.12. The predicted molar refractivity (Wildman–Crippen MR) is 83.2 cm³/mol. The maximum Gasteiger partial charge on any atom is 0.287 e. The number of fused-ring (bicyclic) bond motifs is 1. The molecule has 5 heteroatoms. The summed E-state index contributed by atoms with van der Waals surface area (Å²) in [6.45, 7) is 0.412. The molecule has 0 atom stereocenters. The molecule has 3 rings (SSSR count). The maximum absolute atomic E-state index is 12.1. The largest absolute Gasteiger partial charge is 0.451 e. The summed E-state index contributed by atoms with van der Waals surface area (Å²) in [6.07, 6.45) is 0. The summed E-state index contributed by atoms with van der Waals surface area (Å²) in [4.78, 5) is 12.1. The fourth-order valence-corrected chi connectivity index (χ4v) is 2.17. The van der Waals surface area contributed by atoms with Crippen LogP contribution in [0.5, 0.6) is 0 Å². The van der Waals surface area contributed by atoms with E-state index in [1.807, 2.05) is 12.1 Å². The van der Waals surface area contributed by atoms with Gasteiger partial charge in [-0.05, 0) is 42.0 Å². The number of nitrogen functional groups attached to an aromatic ring is 1. The number of carbonyl (C=O) groups excluding carboxylic acids is 1. The Hall–Kier alpha value is -2.46. The molecule has 0 aliphatic carbocycles. The molecular formula is C16H13ClN2O2. The number of nitrogens with two attached hydrogens (primary N) is 1. The molecule has 0 saturated carbocycles. The van der Waals surface area contributed by atoms with E-state index in [0.29, 0.717) is 22.8 Å². The summed E-state index contributed by atoms with van der Waals surface area (Å²) in [5, 5.41) is 4.28. The smallest absolute Gasteiger partial charge is 0.287 e. The molecule has 3 N–H and O–H groups in total. The van der Waals surface area contributed by atoms with Gasteiger partial charge >= 0.3 is 0 Å². The molecule has 0 radical (unpaired) electrons. The van der Waals surface area contributed by atoms with E-state index >= 15 is 0 Å². The van der Waals surface area contributed by atoms with Crippen LogP contribution >= 0.6 is 11.6 Å². The lowest BCUT2D eigenvalue weighted by Gasteiger charge is -2.03. The number of amides is 1. The molecule has 0 bridgehead atoms. The summed E-state index contributed by atoms with van der Waals surface area (Å²) >= 11 is 5.82. The minimum atomic E-state index is -0.264. The van der Waals surface area contributed by atoms with Crippen molar-refractivity contribution in [2.45, 2.75) is 6.54 Å². The Kier molecular flexibility index (Phi) is 3.54. The highest BCUT2D eigenvalue weighted by atomic mass is 35.5. The monoisotopic (exact) mass is 300 g/mol. The first kappa shape index (κ1) is 13.5. The number of nitrogens with one attached hydrogen (secondary N) is 1. The van der Waals surface area contributed by atoms with E-state index in [1.165, 1.54) is 0 Å². The van der Waals surface area contributed by atoms with Gasteiger partial charge < -0.3 is 15.5 Å². The van der Waals surface area contributed by atoms with E-state index in [1.54, 1.807) is 36.4 Å². The second-order valence-corrected chi connectivity index (χ2v) is 5.15. The Morgan fingerprint density at radius 1 is 1.14 bits per heavy atom. The van der Waals surface area contributed by atoms with E-state index in [0.717, 1.165) is 10.9 Å². The Balaban J connectivity index is 1.73. The van der Waals surface area contributed by atoms with Crippen LogP contribution in [0.2, 0.25) is 5.02 Å². The average molecular weight is 301 g/mol. The normalized spacial score (nSPS) is 10.7. The van der Waals surface area contributed by atoms with Crippen molar-refractivity contribution in [3.63, 3.8) is 0 Å². The topological polar surface area (TPSA) is 68.3 Å². The number of halogens is 1. The zero-order valence-corrected chi connectivity index (χ0v) is 11.9. The highest BCUT2D eigenvalue weighted by Crippen LogP contribution is 2.21. The van der Waals surface area contributed by atoms with Crippen molar-refractivity contribution in [2.24, 2.45) is 0 Å². The molecular weight excluding hydrogens is 288 g/mol. The molecule has 1 amide bonds. The highest BCUT2D eigenvalue weighted by molar-refractivity contribution is 6.30. The number of anilines is 1. The van der Waals surface area contributed by atoms with Crippen molar-refractivity contribution in [1.29, 1.82) is 0 Å². The number of hydrogen-bond donors (Lipinski definition) is 2. The van der Waals surface area contributed by atoms with Crippen molar-refractivity contribution < 1.29 is 9.21 Å². The first-order chi connectivity index (χ1) is 10.1. The Labute approximate surface area is 126 Å². The zero-order valence-electron chi connectivity index (χ0n) is 11.1. The van der Waals surface area contributed by atoms with Crippen LogP contribution in [0.25, 0.3) is 11.0 Å². The minimum absolute atomic E-state index is 0.264. The van der Waals surface area contributed by atoms with Crippen LogP contribution in [0.1, 0.15) is 16.1 Å². The lowest BCUT2D eigenvalue weighted by molar-refractivity contribution is 0.0925. The molecule has 0 spiro atoms. The first-order valence-electron chi connectivity index (χ1n) is 6.43. The molecule has 0 aliphatic rings. The van der Waals surface area contributed by atoms with Gasteiger partial charge in [0.2, 0.25) is 0 Å². The van der Waals surface area contributed by atoms with Gasteiger partial charge in [-0.2, -0.15) is 0 Å².